The van der Waals surface area contributed by atoms with Gasteiger partial charge < -0.3 is 15.1 Å². The maximum atomic E-state index is 10.6. The van der Waals surface area contributed by atoms with E-state index in [1.807, 2.05) is 23.6 Å². The minimum absolute atomic E-state index is 0.127. The Kier molecular flexibility index (Phi) is 3.03. The van der Waals surface area contributed by atoms with E-state index >= 15 is 0 Å². The Bertz CT molecular complexity index is 618. The molecule has 1 saturated carbocycles. The van der Waals surface area contributed by atoms with Crippen LogP contribution in [0.4, 0.5) is 5.13 Å². The molecule has 1 aliphatic carbocycles. The third-order valence-corrected chi connectivity index (χ3v) is 5.92. The second-order valence-electron chi connectivity index (χ2n) is 6.00. The first-order valence-electron chi connectivity index (χ1n) is 7.25. The average Bonchev–Trinajstić information content (AvgIpc) is 2.84. The molecule has 1 aromatic carbocycles. The number of β-amino-alcohol motifs (C(OH)–C–C–N with tert-alkyl or cyclic N) is 1. The molecule has 5 heteroatoms. The zero-order chi connectivity index (χ0) is 14.4. The van der Waals surface area contributed by atoms with Crippen molar-refractivity contribution in [1.82, 2.24) is 4.98 Å². The lowest BCUT2D eigenvalue weighted by molar-refractivity contribution is 0.113. The van der Waals surface area contributed by atoms with Gasteiger partial charge in [0.15, 0.2) is 5.13 Å². The van der Waals surface area contributed by atoms with Gasteiger partial charge in [-0.2, -0.15) is 0 Å². The fourth-order valence-electron chi connectivity index (χ4n) is 4.09. The van der Waals surface area contributed by atoms with E-state index in [9.17, 15) is 10.2 Å². The molecule has 2 N–H and O–H groups in total. The van der Waals surface area contributed by atoms with Crippen LogP contribution in [-0.4, -0.2) is 41.0 Å². The van der Waals surface area contributed by atoms with Crippen molar-refractivity contribution in [2.75, 3.05) is 24.6 Å². The minimum Gasteiger partial charge on any atom is -0.396 e. The minimum atomic E-state index is -0.413. The first-order chi connectivity index (χ1) is 10.3. The third kappa shape index (κ3) is 1.84. The number of nitrogens with zero attached hydrogens (tertiary/aromatic N) is 2. The van der Waals surface area contributed by atoms with Crippen molar-refractivity contribution in [3.63, 3.8) is 0 Å². The van der Waals surface area contributed by atoms with Crippen molar-refractivity contribution in [3.8, 4) is 0 Å². The van der Waals surface area contributed by atoms with Crippen molar-refractivity contribution in [3.05, 3.63) is 47.5 Å². The molecular formula is C16H18N2O2S. The van der Waals surface area contributed by atoms with E-state index in [1.54, 1.807) is 17.5 Å². The quantitative estimate of drug-likeness (QED) is 0.906. The first kappa shape index (κ1) is 13.2. The van der Waals surface area contributed by atoms with Gasteiger partial charge in [-0.1, -0.05) is 30.3 Å². The maximum Gasteiger partial charge on any atom is 0.185 e. The van der Waals surface area contributed by atoms with Crippen molar-refractivity contribution >= 4 is 16.5 Å². The summed E-state index contributed by atoms with van der Waals surface area (Å²) in [4.78, 5) is 6.50. The molecule has 0 radical (unpaired) electrons. The second kappa shape index (κ2) is 4.80. The van der Waals surface area contributed by atoms with Crippen LogP contribution in [-0.2, 0) is 0 Å². The predicted molar refractivity (Wildman–Crippen MR) is 82.5 cm³/mol. The lowest BCUT2D eigenvalue weighted by Crippen LogP contribution is -2.23. The normalized spacial score (nSPS) is 34.6. The molecular weight excluding hydrogens is 284 g/mol. The van der Waals surface area contributed by atoms with E-state index < -0.39 is 6.10 Å². The molecule has 2 heterocycles. The van der Waals surface area contributed by atoms with Crippen LogP contribution in [0.3, 0.4) is 0 Å². The van der Waals surface area contributed by atoms with Crippen molar-refractivity contribution in [2.24, 2.45) is 11.3 Å². The van der Waals surface area contributed by atoms with Gasteiger partial charge in [-0.25, -0.2) is 4.98 Å². The number of aliphatic hydroxyl groups excluding tert-OH is 2. The average molecular weight is 302 g/mol. The summed E-state index contributed by atoms with van der Waals surface area (Å²) in [5, 5.41) is 23.3. The van der Waals surface area contributed by atoms with Gasteiger partial charge >= 0.3 is 0 Å². The van der Waals surface area contributed by atoms with Gasteiger partial charge in [0, 0.05) is 36.7 Å². The van der Waals surface area contributed by atoms with Gasteiger partial charge in [0.2, 0.25) is 0 Å². The Morgan fingerprint density at radius 2 is 2.14 bits per heavy atom. The highest BCUT2D eigenvalue weighted by molar-refractivity contribution is 7.13. The van der Waals surface area contributed by atoms with E-state index in [-0.39, 0.29) is 23.9 Å². The molecule has 110 valence electrons. The van der Waals surface area contributed by atoms with Gasteiger partial charge in [-0.3, -0.25) is 0 Å². The van der Waals surface area contributed by atoms with Gasteiger partial charge in [0.05, 0.1) is 6.10 Å². The van der Waals surface area contributed by atoms with Crippen LogP contribution in [0, 0.1) is 11.3 Å². The number of thiazole rings is 1. The molecule has 4 rings (SSSR count). The van der Waals surface area contributed by atoms with Crippen LogP contribution in [0.1, 0.15) is 11.5 Å². The summed E-state index contributed by atoms with van der Waals surface area (Å²) < 4.78 is 0. The molecule has 0 amide bonds. The maximum absolute atomic E-state index is 10.6. The van der Waals surface area contributed by atoms with Crippen LogP contribution < -0.4 is 4.90 Å². The summed E-state index contributed by atoms with van der Waals surface area (Å²) in [5.41, 5.74) is 0.999. The number of benzene rings is 1. The molecule has 1 aromatic heterocycles. The van der Waals surface area contributed by atoms with Gasteiger partial charge in [-0.15, -0.1) is 11.3 Å². The molecule has 1 aliphatic heterocycles. The van der Waals surface area contributed by atoms with Crippen LogP contribution in [0.2, 0.25) is 0 Å². The van der Waals surface area contributed by atoms with Crippen LogP contribution >= 0.6 is 11.3 Å². The summed E-state index contributed by atoms with van der Waals surface area (Å²) in [6.07, 6.45) is 1.38. The van der Waals surface area contributed by atoms with E-state index in [0.717, 1.165) is 11.7 Å². The second-order valence-corrected chi connectivity index (χ2v) is 6.87. The van der Waals surface area contributed by atoms with E-state index in [1.165, 1.54) is 5.56 Å². The van der Waals surface area contributed by atoms with Crippen LogP contribution in [0.25, 0.3) is 0 Å². The van der Waals surface area contributed by atoms with Crippen molar-refractivity contribution in [2.45, 2.75) is 12.0 Å². The topological polar surface area (TPSA) is 56.6 Å². The number of rotatable bonds is 3. The molecule has 2 aromatic rings. The van der Waals surface area contributed by atoms with Gasteiger partial charge in [0.25, 0.3) is 0 Å². The Balaban J connectivity index is 1.65. The van der Waals surface area contributed by atoms with Crippen LogP contribution in [0.15, 0.2) is 41.9 Å². The summed E-state index contributed by atoms with van der Waals surface area (Å²) in [6, 6.07) is 10.2. The summed E-state index contributed by atoms with van der Waals surface area (Å²) in [7, 11) is 0. The Labute approximate surface area is 127 Å². The lowest BCUT2D eigenvalue weighted by Gasteiger charge is -2.15. The molecule has 4 atom stereocenters. The predicted octanol–water partition coefficient (Wildman–Crippen LogP) is 1.72. The zero-order valence-electron chi connectivity index (χ0n) is 11.6. The first-order valence-corrected chi connectivity index (χ1v) is 8.13. The molecule has 21 heavy (non-hydrogen) atoms. The molecule has 0 unspecified atom stereocenters. The van der Waals surface area contributed by atoms with Crippen LogP contribution in [0.5, 0.6) is 0 Å². The molecule has 0 bridgehead atoms. The Morgan fingerprint density at radius 3 is 2.81 bits per heavy atom. The summed E-state index contributed by atoms with van der Waals surface area (Å²) in [5.74, 6) is 0.378. The highest BCUT2D eigenvalue weighted by Gasteiger charge is 2.71. The Morgan fingerprint density at radius 1 is 1.33 bits per heavy atom. The van der Waals surface area contributed by atoms with E-state index in [4.69, 9.17) is 0 Å². The molecule has 2 aliphatic rings. The van der Waals surface area contributed by atoms with Crippen molar-refractivity contribution < 1.29 is 10.2 Å². The SMILES string of the molecule is OC[C@@H]1[C@@H](c2ccccc2)[C@]12CN(c1nccs1)C[C@@H]2O. The largest absolute Gasteiger partial charge is 0.396 e. The fraction of sp³-hybridized carbons (Fsp3) is 0.438. The number of aromatic nitrogens is 1. The lowest BCUT2D eigenvalue weighted by atomic mass is 9.95. The smallest absolute Gasteiger partial charge is 0.185 e. The van der Waals surface area contributed by atoms with E-state index in [2.05, 4.69) is 22.0 Å². The van der Waals surface area contributed by atoms with Gasteiger partial charge in [-0.05, 0) is 17.4 Å². The van der Waals surface area contributed by atoms with Crippen molar-refractivity contribution in [1.29, 1.82) is 0 Å². The fourth-order valence-corrected chi connectivity index (χ4v) is 4.74. The number of anilines is 1. The zero-order valence-corrected chi connectivity index (χ0v) is 12.4. The standard InChI is InChI=1S/C16H18N2O2S/c19-9-12-14(11-4-2-1-3-5-11)16(12)10-18(8-13(16)20)15-17-6-7-21-15/h1-7,12-14,19-20H,8-10H2/t12-,13+,14-,16-/m1/s1. The van der Waals surface area contributed by atoms with E-state index in [0.29, 0.717) is 6.54 Å². The van der Waals surface area contributed by atoms with Gasteiger partial charge in [0.1, 0.15) is 0 Å². The number of hydrogen-bond acceptors (Lipinski definition) is 5. The summed E-state index contributed by atoms with van der Waals surface area (Å²) in [6.45, 7) is 1.50. The molecule has 1 spiro atoms. The number of aliphatic hydroxyl groups is 2. The molecule has 1 saturated heterocycles. The monoisotopic (exact) mass is 302 g/mol. The molecule has 2 fully saturated rings. The molecule has 4 nitrogen and oxygen atoms in total. The summed E-state index contributed by atoms with van der Waals surface area (Å²) >= 11 is 1.60. The highest BCUT2D eigenvalue weighted by Crippen LogP contribution is 2.68. The third-order valence-electron chi connectivity index (χ3n) is 5.09. The highest BCUT2D eigenvalue weighted by atomic mass is 32.1. The number of hydrogen-bond donors (Lipinski definition) is 2. The Hall–Kier alpha value is -1.43.